The Morgan fingerprint density at radius 1 is 1.30 bits per heavy atom. The SMILES string of the molecule is CN(Cc1cnn(C)c1)C(=O)CNC(=O)c1ccc(Cl)c(Cl)c1. The highest BCUT2D eigenvalue weighted by Gasteiger charge is 2.13. The molecule has 6 nitrogen and oxygen atoms in total. The van der Waals surface area contributed by atoms with Gasteiger partial charge in [-0.2, -0.15) is 5.10 Å². The Hall–Kier alpha value is -2.05. The Balaban J connectivity index is 1.87. The van der Waals surface area contributed by atoms with Gasteiger partial charge in [0.2, 0.25) is 5.91 Å². The number of hydrogen-bond acceptors (Lipinski definition) is 3. The molecule has 122 valence electrons. The van der Waals surface area contributed by atoms with Gasteiger partial charge in [-0.1, -0.05) is 23.2 Å². The van der Waals surface area contributed by atoms with E-state index in [2.05, 4.69) is 10.4 Å². The van der Waals surface area contributed by atoms with Crippen LogP contribution in [0.4, 0.5) is 0 Å². The number of aromatic nitrogens is 2. The van der Waals surface area contributed by atoms with Crippen LogP contribution in [0.3, 0.4) is 0 Å². The smallest absolute Gasteiger partial charge is 0.251 e. The first-order valence-corrected chi connectivity index (χ1v) is 7.57. The van der Waals surface area contributed by atoms with Crippen molar-refractivity contribution in [2.75, 3.05) is 13.6 Å². The van der Waals surface area contributed by atoms with Gasteiger partial charge in [0.25, 0.3) is 5.91 Å². The molecule has 2 amide bonds. The number of rotatable bonds is 5. The number of likely N-dealkylation sites (N-methyl/N-ethyl adjacent to an activating group) is 1. The maximum Gasteiger partial charge on any atom is 0.251 e. The topological polar surface area (TPSA) is 67.2 Å². The van der Waals surface area contributed by atoms with E-state index >= 15 is 0 Å². The summed E-state index contributed by atoms with van der Waals surface area (Å²) in [4.78, 5) is 25.6. The molecule has 1 heterocycles. The van der Waals surface area contributed by atoms with Crippen LogP contribution >= 0.6 is 23.2 Å². The first-order chi connectivity index (χ1) is 10.9. The average Bonchev–Trinajstić information content (AvgIpc) is 2.92. The van der Waals surface area contributed by atoms with Crippen molar-refractivity contribution in [3.8, 4) is 0 Å². The summed E-state index contributed by atoms with van der Waals surface area (Å²) < 4.78 is 1.67. The Morgan fingerprint density at radius 3 is 2.65 bits per heavy atom. The minimum Gasteiger partial charge on any atom is -0.343 e. The molecule has 23 heavy (non-hydrogen) atoms. The number of benzene rings is 1. The first-order valence-electron chi connectivity index (χ1n) is 6.81. The summed E-state index contributed by atoms with van der Waals surface area (Å²) >= 11 is 11.7. The van der Waals surface area contributed by atoms with E-state index in [9.17, 15) is 9.59 Å². The fourth-order valence-corrected chi connectivity index (χ4v) is 2.24. The lowest BCUT2D eigenvalue weighted by Gasteiger charge is -2.16. The lowest BCUT2D eigenvalue weighted by Crippen LogP contribution is -2.37. The minimum absolute atomic E-state index is 0.101. The lowest BCUT2D eigenvalue weighted by atomic mass is 10.2. The van der Waals surface area contributed by atoms with Crippen molar-refractivity contribution < 1.29 is 9.59 Å². The molecule has 0 saturated carbocycles. The van der Waals surface area contributed by atoms with E-state index in [1.807, 2.05) is 13.2 Å². The van der Waals surface area contributed by atoms with Gasteiger partial charge in [0.1, 0.15) is 0 Å². The van der Waals surface area contributed by atoms with Crippen molar-refractivity contribution in [3.63, 3.8) is 0 Å². The summed E-state index contributed by atoms with van der Waals surface area (Å²) in [5, 5.41) is 7.27. The molecule has 8 heteroatoms. The molecule has 1 aromatic carbocycles. The van der Waals surface area contributed by atoms with Crippen LogP contribution in [0.1, 0.15) is 15.9 Å². The molecule has 0 spiro atoms. The second-order valence-electron chi connectivity index (χ2n) is 5.08. The average molecular weight is 355 g/mol. The summed E-state index contributed by atoms with van der Waals surface area (Å²) in [7, 11) is 3.48. The van der Waals surface area contributed by atoms with Gasteiger partial charge in [0.05, 0.1) is 22.8 Å². The van der Waals surface area contributed by atoms with Gasteiger partial charge in [-0.3, -0.25) is 14.3 Å². The Labute approximate surface area is 144 Å². The van der Waals surface area contributed by atoms with E-state index in [0.717, 1.165) is 5.56 Å². The maximum atomic E-state index is 12.0. The van der Waals surface area contributed by atoms with Crippen LogP contribution < -0.4 is 5.32 Å². The van der Waals surface area contributed by atoms with Crippen molar-refractivity contribution in [1.82, 2.24) is 20.0 Å². The van der Waals surface area contributed by atoms with E-state index in [-0.39, 0.29) is 18.4 Å². The maximum absolute atomic E-state index is 12.0. The fraction of sp³-hybridized carbons (Fsp3) is 0.267. The minimum atomic E-state index is -0.383. The van der Waals surface area contributed by atoms with Gasteiger partial charge < -0.3 is 10.2 Å². The monoisotopic (exact) mass is 354 g/mol. The number of carbonyl (C=O) groups excluding carboxylic acids is 2. The van der Waals surface area contributed by atoms with Crippen molar-refractivity contribution in [3.05, 3.63) is 51.8 Å². The van der Waals surface area contributed by atoms with Crippen LogP contribution in [0.2, 0.25) is 10.0 Å². The summed E-state index contributed by atoms with van der Waals surface area (Å²) in [6.45, 7) is 0.325. The van der Waals surface area contributed by atoms with E-state index < -0.39 is 0 Å². The zero-order valence-electron chi connectivity index (χ0n) is 12.7. The number of hydrogen-bond donors (Lipinski definition) is 1. The van der Waals surface area contributed by atoms with Crippen LogP contribution in [0.5, 0.6) is 0 Å². The normalized spacial score (nSPS) is 10.4. The van der Waals surface area contributed by atoms with Gasteiger partial charge in [-0.05, 0) is 18.2 Å². The zero-order valence-corrected chi connectivity index (χ0v) is 14.2. The molecule has 0 unspecified atom stereocenters. The van der Waals surface area contributed by atoms with Crippen LogP contribution in [-0.4, -0.2) is 40.1 Å². The van der Waals surface area contributed by atoms with Gasteiger partial charge in [-0.15, -0.1) is 0 Å². The third-order valence-electron chi connectivity index (χ3n) is 3.19. The number of aryl methyl sites for hydroxylation is 1. The van der Waals surface area contributed by atoms with Gasteiger partial charge in [0, 0.05) is 38.0 Å². The van der Waals surface area contributed by atoms with Crippen molar-refractivity contribution in [2.24, 2.45) is 7.05 Å². The van der Waals surface area contributed by atoms with Crippen molar-refractivity contribution in [1.29, 1.82) is 0 Å². The molecule has 0 aliphatic carbocycles. The number of nitrogens with one attached hydrogen (secondary N) is 1. The molecule has 0 radical (unpaired) electrons. The molecule has 0 saturated heterocycles. The van der Waals surface area contributed by atoms with E-state index in [4.69, 9.17) is 23.2 Å². The Morgan fingerprint density at radius 2 is 2.04 bits per heavy atom. The summed E-state index contributed by atoms with van der Waals surface area (Å²) in [5.74, 6) is -0.589. The van der Waals surface area contributed by atoms with Gasteiger partial charge in [-0.25, -0.2) is 0 Å². The van der Waals surface area contributed by atoms with E-state index in [0.29, 0.717) is 22.2 Å². The number of amides is 2. The third kappa shape index (κ3) is 4.71. The van der Waals surface area contributed by atoms with E-state index in [1.54, 1.807) is 24.0 Å². The fourth-order valence-electron chi connectivity index (χ4n) is 1.95. The quantitative estimate of drug-likeness (QED) is 0.893. The molecule has 0 atom stereocenters. The second kappa shape index (κ2) is 7.48. The first kappa shape index (κ1) is 17.3. The largest absolute Gasteiger partial charge is 0.343 e. The predicted molar refractivity (Wildman–Crippen MR) is 88.5 cm³/mol. The molecular weight excluding hydrogens is 339 g/mol. The number of halogens is 2. The van der Waals surface area contributed by atoms with Crippen LogP contribution in [-0.2, 0) is 18.4 Å². The van der Waals surface area contributed by atoms with Crippen molar-refractivity contribution in [2.45, 2.75) is 6.54 Å². The van der Waals surface area contributed by atoms with Gasteiger partial charge in [0.15, 0.2) is 0 Å². The number of nitrogens with zero attached hydrogens (tertiary/aromatic N) is 3. The molecule has 2 rings (SSSR count). The molecule has 0 fully saturated rings. The highest BCUT2D eigenvalue weighted by Crippen LogP contribution is 2.22. The van der Waals surface area contributed by atoms with Gasteiger partial charge >= 0.3 is 0 Å². The van der Waals surface area contributed by atoms with Crippen LogP contribution in [0.15, 0.2) is 30.6 Å². The summed E-state index contributed by atoms with van der Waals surface area (Å²) in [5.41, 5.74) is 1.27. The molecule has 1 N–H and O–H groups in total. The van der Waals surface area contributed by atoms with Crippen molar-refractivity contribution >= 4 is 35.0 Å². The standard InChI is InChI=1S/C15H16Cl2N4O2/c1-20(8-10-6-19-21(2)9-10)14(22)7-18-15(23)11-3-4-12(16)13(17)5-11/h3-6,9H,7-8H2,1-2H3,(H,18,23). The summed E-state index contributed by atoms with van der Waals surface area (Å²) in [6.07, 6.45) is 3.52. The Bertz CT molecular complexity index is 730. The molecule has 1 aromatic heterocycles. The highest BCUT2D eigenvalue weighted by molar-refractivity contribution is 6.42. The van der Waals surface area contributed by atoms with E-state index in [1.165, 1.54) is 17.0 Å². The highest BCUT2D eigenvalue weighted by atomic mass is 35.5. The molecule has 0 aliphatic rings. The Kier molecular flexibility index (Phi) is 5.63. The second-order valence-corrected chi connectivity index (χ2v) is 5.90. The van der Waals surface area contributed by atoms with Crippen LogP contribution in [0.25, 0.3) is 0 Å². The molecule has 0 bridgehead atoms. The molecular formula is C15H16Cl2N4O2. The zero-order chi connectivity index (χ0) is 17.0. The predicted octanol–water partition coefficient (Wildman–Crippen LogP) is 2.12. The lowest BCUT2D eigenvalue weighted by molar-refractivity contribution is -0.129. The number of carbonyl (C=O) groups is 2. The van der Waals surface area contributed by atoms with Crippen LogP contribution in [0, 0.1) is 0 Å². The summed E-state index contributed by atoms with van der Waals surface area (Å²) in [6, 6.07) is 4.55. The molecule has 2 aromatic rings. The third-order valence-corrected chi connectivity index (χ3v) is 3.92. The molecule has 0 aliphatic heterocycles.